The molecule has 0 saturated carbocycles. The van der Waals surface area contributed by atoms with E-state index in [1.165, 1.54) is 0 Å². The maximum absolute atomic E-state index is 4.31. The van der Waals surface area contributed by atoms with Crippen molar-refractivity contribution in [3.8, 4) is 0 Å². The fraction of sp³-hybridized carbons (Fsp3) is 0.500. The summed E-state index contributed by atoms with van der Waals surface area (Å²) in [4.78, 5) is 4.31. The summed E-state index contributed by atoms with van der Waals surface area (Å²) in [6.07, 6.45) is 0. The average Bonchev–Trinajstić information content (AvgIpc) is 2.13. The van der Waals surface area contributed by atoms with E-state index in [1.807, 2.05) is 14.0 Å². The molecule has 1 heterocycles. The number of nitrogens with zero attached hydrogens (tertiary/aromatic N) is 1. The first-order valence-electron chi connectivity index (χ1n) is 3.00. The van der Waals surface area contributed by atoms with Crippen molar-refractivity contribution in [1.82, 2.24) is 10.3 Å². The zero-order valence-electron chi connectivity index (χ0n) is 5.94. The van der Waals surface area contributed by atoms with Crippen molar-refractivity contribution in [1.29, 1.82) is 0 Å². The molecule has 0 amide bonds. The molecule has 2 nitrogen and oxygen atoms in total. The van der Waals surface area contributed by atoms with Crippen LogP contribution in [0.2, 0.25) is 0 Å². The van der Waals surface area contributed by atoms with E-state index in [2.05, 4.69) is 26.2 Å². The molecule has 0 atom stereocenters. The van der Waals surface area contributed by atoms with Gasteiger partial charge >= 0.3 is 0 Å². The Morgan fingerprint density at radius 1 is 1.70 bits per heavy atom. The zero-order valence-corrected chi connectivity index (χ0v) is 8.34. The van der Waals surface area contributed by atoms with Gasteiger partial charge in [-0.15, -0.1) is 11.3 Å². The molecule has 0 aromatic carbocycles. The van der Waals surface area contributed by atoms with E-state index < -0.39 is 0 Å². The maximum Gasteiger partial charge on any atom is 0.0945 e. The van der Waals surface area contributed by atoms with Gasteiger partial charge in [-0.3, -0.25) is 0 Å². The van der Waals surface area contributed by atoms with Crippen molar-refractivity contribution in [3.63, 3.8) is 0 Å². The van der Waals surface area contributed by atoms with Crippen molar-refractivity contribution in [3.05, 3.63) is 14.5 Å². The summed E-state index contributed by atoms with van der Waals surface area (Å²) in [5, 5.41) is 4.16. The highest BCUT2D eigenvalue weighted by Gasteiger charge is 2.03. The number of halogens is 1. The number of aromatic nitrogens is 1. The summed E-state index contributed by atoms with van der Waals surface area (Å²) in [5.74, 6) is 0. The molecule has 1 aromatic rings. The van der Waals surface area contributed by atoms with E-state index in [9.17, 15) is 0 Å². The third-order valence-corrected chi connectivity index (χ3v) is 2.85. The lowest BCUT2D eigenvalue weighted by atomic mass is 10.5. The van der Waals surface area contributed by atoms with Crippen LogP contribution >= 0.6 is 27.3 Å². The van der Waals surface area contributed by atoms with Gasteiger partial charge in [0.2, 0.25) is 0 Å². The lowest BCUT2D eigenvalue weighted by Crippen LogP contribution is -2.05. The standard InChI is InChI=1S/C6H9BrN2S/c1-4-9-5(3-8-2)6(7)10-4/h8H,3H2,1-2H3. The molecule has 56 valence electrons. The monoisotopic (exact) mass is 220 g/mol. The fourth-order valence-corrected chi connectivity index (χ4v) is 2.30. The van der Waals surface area contributed by atoms with E-state index in [0.29, 0.717) is 0 Å². The summed E-state index contributed by atoms with van der Waals surface area (Å²) < 4.78 is 1.14. The topological polar surface area (TPSA) is 24.9 Å². The molecule has 1 aromatic heterocycles. The van der Waals surface area contributed by atoms with Crippen molar-refractivity contribution < 1.29 is 0 Å². The predicted octanol–water partition coefficient (Wildman–Crippen LogP) is 1.93. The van der Waals surface area contributed by atoms with E-state index in [4.69, 9.17) is 0 Å². The number of nitrogens with one attached hydrogen (secondary N) is 1. The summed E-state index contributed by atoms with van der Waals surface area (Å²) in [6.45, 7) is 2.85. The van der Waals surface area contributed by atoms with Crippen LogP contribution in [0.15, 0.2) is 3.79 Å². The lowest BCUT2D eigenvalue weighted by molar-refractivity contribution is 0.792. The van der Waals surface area contributed by atoms with Crippen LogP contribution in [0.5, 0.6) is 0 Å². The summed E-state index contributed by atoms with van der Waals surface area (Å²) >= 11 is 5.11. The van der Waals surface area contributed by atoms with Crippen LogP contribution in [0.3, 0.4) is 0 Å². The molecule has 0 saturated heterocycles. The minimum Gasteiger partial charge on any atom is -0.314 e. The summed E-state index contributed by atoms with van der Waals surface area (Å²) in [5.41, 5.74) is 1.10. The Balaban J connectivity index is 2.81. The van der Waals surface area contributed by atoms with Crippen LogP contribution in [0.4, 0.5) is 0 Å². The first-order valence-corrected chi connectivity index (χ1v) is 4.61. The average molecular weight is 221 g/mol. The Labute approximate surface area is 72.8 Å². The van der Waals surface area contributed by atoms with Gasteiger partial charge < -0.3 is 5.32 Å². The predicted molar refractivity (Wildman–Crippen MR) is 47.3 cm³/mol. The smallest absolute Gasteiger partial charge is 0.0945 e. The highest BCUT2D eigenvalue weighted by Crippen LogP contribution is 2.23. The highest BCUT2D eigenvalue weighted by molar-refractivity contribution is 9.11. The van der Waals surface area contributed by atoms with Gasteiger partial charge in [0.1, 0.15) is 0 Å². The van der Waals surface area contributed by atoms with Gasteiger partial charge in [0.05, 0.1) is 14.5 Å². The second-order valence-corrected chi connectivity index (χ2v) is 4.50. The molecule has 0 spiro atoms. The SMILES string of the molecule is CNCc1nc(C)sc1Br. The van der Waals surface area contributed by atoms with Gasteiger partial charge in [-0.05, 0) is 29.9 Å². The first kappa shape index (κ1) is 8.17. The van der Waals surface area contributed by atoms with Crippen LogP contribution in [0.25, 0.3) is 0 Å². The van der Waals surface area contributed by atoms with Crippen molar-refractivity contribution in [2.24, 2.45) is 0 Å². The minimum atomic E-state index is 0.838. The Kier molecular flexibility index (Phi) is 2.82. The highest BCUT2D eigenvalue weighted by atomic mass is 79.9. The zero-order chi connectivity index (χ0) is 7.56. The normalized spacial score (nSPS) is 10.3. The van der Waals surface area contributed by atoms with Gasteiger partial charge in [-0.2, -0.15) is 0 Å². The molecule has 0 aliphatic carbocycles. The number of rotatable bonds is 2. The number of hydrogen-bond donors (Lipinski definition) is 1. The number of aryl methyl sites for hydroxylation is 1. The molecular formula is C6H9BrN2S. The molecule has 0 aliphatic rings. The lowest BCUT2D eigenvalue weighted by Gasteiger charge is -1.92. The Bertz CT molecular complexity index is 222. The molecule has 0 aliphatic heterocycles. The van der Waals surface area contributed by atoms with Crippen LogP contribution < -0.4 is 5.32 Å². The third kappa shape index (κ3) is 1.78. The van der Waals surface area contributed by atoms with Gasteiger partial charge in [0.15, 0.2) is 0 Å². The van der Waals surface area contributed by atoms with Crippen LogP contribution in [-0.2, 0) is 6.54 Å². The largest absolute Gasteiger partial charge is 0.314 e. The van der Waals surface area contributed by atoms with Gasteiger partial charge in [0.25, 0.3) is 0 Å². The van der Waals surface area contributed by atoms with Crippen molar-refractivity contribution in [2.75, 3.05) is 7.05 Å². The second-order valence-electron chi connectivity index (χ2n) is 1.98. The van der Waals surface area contributed by atoms with E-state index in [-0.39, 0.29) is 0 Å². The Hall–Kier alpha value is 0.0700. The second kappa shape index (κ2) is 3.46. The van der Waals surface area contributed by atoms with Crippen molar-refractivity contribution in [2.45, 2.75) is 13.5 Å². The molecule has 10 heavy (non-hydrogen) atoms. The number of thiazole rings is 1. The Morgan fingerprint density at radius 3 is 2.80 bits per heavy atom. The molecule has 0 bridgehead atoms. The molecule has 0 fully saturated rings. The fourth-order valence-electron chi connectivity index (χ4n) is 0.722. The molecule has 1 N–H and O–H groups in total. The first-order chi connectivity index (χ1) is 4.74. The van der Waals surface area contributed by atoms with Crippen molar-refractivity contribution >= 4 is 27.3 Å². The molecule has 4 heteroatoms. The molecule has 0 radical (unpaired) electrons. The summed E-state index contributed by atoms with van der Waals surface area (Å²) in [7, 11) is 1.92. The van der Waals surface area contributed by atoms with Crippen LogP contribution in [-0.4, -0.2) is 12.0 Å². The van der Waals surface area contributed by atoms with Crippen LogP contribution in [0, 0.1) is 6.92 Å². The third-order valence-electron chi connectivity index (χ3n) is 1.10. The van der Waals surface area contributed by atoms with Gasteiger partial charge in [-0.1, -0.05) is 0 Å². The van der Waals surface area contributed by atoms with Gasteiger partial charge in [-0.25, -0.2) is 4.98 Å². The van der Waals surface area contributed by atoms with E-state index in [0.717, 1.165) is 21.0 Å². The van der Waals surface area contributed by atoms with E-state index in [1.54, 1.807) is 11.3 Å². The number of hydrogen-bond acceptors (Lipinski definition) is 3. The minimum absolute atomic E-state index is 0.838. The van der Waals surface area contributed by atoms with Gasteiger partial charge in [0, 0.05) is 6.54 Å². The Morgan fingerprint density at radius 2 is 2.40 bits per heavy atom. The molecular weight excluding hydrogens is 212 g/mol. The van der Waals surface area contributed by atoms with E-state index >= 15 is 0 Å². The van der Waals surface area contributed by atoms with Crippen LogP contribution in [0.1, 0.15) is 10.7 Å². The quantitative estimate of drug-likeness (QED) is 0.825. The molecule has 1 rings (SSSR count). The maximum atomic E-state index is 4.31. The summed E-state index contributed by atoms with van der Waals surface area (Å²) in [6, 6.07) is 0. The molecule has 0 unspecified atom stereocenters.